The molecule has 1 aliphatic rings. The van der Waals surface area contributed by atoms with Crippen LogP contribution in [0.3, 0.4) is 0 Å². The van der Waals surface area contributed by atoms with Crippen molar-refractivity contribution in [1.82, 2.24) is 5.32 Å². The van der Waals surface area contributed by atoms with Gasteiger partial charge in [-0.05, 0) is 30.3 Å². The van der Waals surface area contributed by atoms with Gasteiger partial charge in [-0.15, -0.1) is 0 Å². The lowest BCUT2D eigenvalue weighted by Gasteiger charge is -2.11. The lowest BCUT2D eigenvalue weighted by Crippen LogP contribution is -2.28. The number of ether oxygens (including phenoxy) is 1. The van der Waals surface area contributed by atoms with Crippen molar-refractivity contribution < 1.29 is 28.2 Å². The Morgan fingerprint density at radius 2 is 1.92 bits per heavy atom. The van der Waals surface area contributed by atoms with Gasteiger partial charge >= 0.3 is 6.09 Å². The highest BCUT2D eigenvalue weighted by molar-refractivity contribution is 6.31. The van der Waals surface area contributed by atoms with E-state index in [4.69, 9.17) is 21.4 Å². The third kappa shape index (κ3) is 3.34. The Morgan fingerprint density at radius 1 is 1.20 bits per heavy atom. The van der Waals surface area contributed by atoms with Crippen LogP contribution in [0.5, 0.6) is 5.75 Å². The van der Waals surface area contributed by atoms with Gasteiger partial charge < -0.3 is 20.5 Å². The Labute approximate surface area is 145 Å². The van der Waals surface area contributed by atoms with Crippen molar-refractivity contribution in [3.05, 3.63) is 58.1 Å². The number of anilines is 1. The third-order valence-electron chi connectivity index (χ3n) is 3.61. The van der Waals surface area contributed by atoms with Crippen LogP contribution in [0.15, 0.2) is 30.3 Å². The molecule has 2 amide bonds. The van der Waals surface area contributed by atoms with Crippen LogP contribution in [-0.2, 0) is 0 Å². The van der Waals surface area contributed by atoms with Gasteiger partial charge in [-0.1, -0.05) is 11.6 Å². The minimum atomic E-state index is -1.34. The second kappa shape index (κ2) is 6.56. The van der Waals surface area contributed by atoms with E-state index in [-0.39, 0.29) is 34.2 Å². The van der Waals surface area contributed by atoms with Crippen LogP contribution in [0.4, 0.5) is 19.3 Å². The van der Waals surface area contributed by atoms with Crippen molar-refractivity contribution in [1.29, 1.82) is 0 Å². The van der Waals surface area contributed by atoms with Gasteiger partial charge in [-0.2, -0.15) is 0 Å². The summed E-state index contributed by atoms with van der Waals surface area (Å²) >= 11 is 5.66. The molecule has 1 aliphatic heterocycles. The van der Waals surface area contributed by atoms with E-state index in [1.165, 1.54) is 18.2 Å². The van der Waals surface area contributed by atoms with Gasteiger partial charge in [0.2, 0.25) is 0 Å². The van der Waals surface area contributed by atoms with E-state index in [2.05, 4.69) is 10.6 Å². The molecule has 6 nitrogen and oxygen atoms in total. The summed E-state index contributed by atoms with van der Waals surface area (Å²) in [4.78, 5) is 23.2. The molecule has 2 aromatic carbocycles. The smallest absolute Gasteiger partial charge is 0.405 e. The summed E-state index contributed by atoms with van der Waals surface area (Å²) in [6.45, 7) is -0.134. The summed E-state index contributed by atoms with van der Waals surface area (Å²) in [5.74, 6) is -1.99. The fourth-order valence-electron chi connectivity index (χ4n) is 2.52. The first kappa shape index (κ1) is 17.0. The number of fused-ring (bicyclic) bond motifs is 1. The molecule has 1 atom stereocenters. The van der Waals surface area contributed by atoms with Crippen molar-refractivity contribution >= 4 is 29.3 Å². The molecule has 0 saturated heterocycles. The van der Waals surface area contributed by atoms with Gasteiger partial charge in [0.05, 0.1) is 22.2 Å². The Morgan fingerprint density at radius 3 is 2.60 bits per heavy atom. The molecule has 3 rings (SSSR count). The van der Waals surface area contributed by atoms with E-state index in [1.54, 1.807) is 0 Å². The van der Waals surface area contributed by atoms with Crippen LogP contribution < -0.4 is 15.4 Å². The minimum Gasteiger partial charge on any atom is -0.490 e. The number of carbonyl (C=O) groups excluding carboxylic acids is 1. The number of carboxylic acid groups (broad SMARTS) is 1. The van der Waals surface area contributed by atoms with Crippen LogP contribution >= 0.6 is 11.6 Å². The number of hydrogen-bond donors (Lipinski definition) is 3. The normalized spacial score (nSPS) is 15.2. The molecule has 0 saturated carbocycles. The van der Waals surface area contributed by atoms with E-state index < -0.39 is 29.7 Å². The first-order valence-corrected chi connectivity index (χ1v) is 7.45. The highest BCUT2D eigenvalue weighted by Gasteiger charge is 2.33. The Hall–Kier alpha value is -2.87. The van der Waals surface area contributed by atoms with Gasteiger partial charge in [-0.25, -0.2) is 13.6 Å². The van der Waals surface area contributed by atoms with Gasteiger partial charge in [0.1, 0.15) is 24.0 Å². The largest absolute Gasteiger partial charge is 0.490 e. The first-order valence-electron chi connectivity index (χ1n) is 7.08. The summed E-state index contributed by atoms with van der Waals surface area (Å²) < 4.78 is 32.5. The lowest BCUT2D eigenvalue weighted by molar-refractivity contribution is 0.102. The van der Waals surface area contributed by atoms with E-state index in [9.17, 15) is 18.4 Å². The summed E-state index contributed by atoms with van der Waals surface area (Å²) in [6, 6.07) is 5.00. The molecule has 0 aromatic heterocycles. The zero-order valence-corrected chi connectivity index (χ0v) is 13.2. The average molecular weight is 369 g/mol. The number of rotatable bonds is 3. The Bertz CT molecular complexity index is 875. The number of amides is 2. The highest BCUT2D eigenvalue weighted by Crippen LogP contribution is 2.38. The van der Waals surface area contributed by atoms with Crippen molar-refractivity contribution in [3.63, 3.8) is 0 Å². The molecule has 0 spiro atoms. The summed E-state index contributed by atoms with van der Waals surface area (Å²) in [6.07, 6.45) is -1.34. The average Bonchev–Trinajstić information content (AvgIpc) is 2.95. The third-order valence-corrected chi connectivity index (χ3v) is 3.90. The zero-order valence-electron chi connectivity index (χ0n) is 12.5. The number of benzene rings is 2. The van der Waals surface area contributed by atoms with Gasteiger partial charge in [-0.3, -0.25) is 4.79 Å². The van der Waals surface area contributed by atoms with Crippen molar-refractivity contribution in [2.75, 3.05) is 11.9 Å². The summed E-state index contributed by atoms with van der Waals surface area (Å²) in [5, 5.41) is 13.3. The fraction of sp³-hybridized carbons (Fsp3) is 0.125. The van der Waals surface area contributed by atoms with Gasteiger partial charge in [0, 0.05) is 5.69 Å². The molecular weight excluding hydrogens is 358 g/mol. The molecule has 0 fully saturated rings. The summed E-state index contributed by atoms with van der Waals surface area (Å²) in [5.41, 5.74) is 0.228. The quantitative estimate of drug-likeness (QED) is 0.772. The maximum Gasteiger partial charge on any atom is 0.405 e. The second-order valence-electron chi connectivity index (χ2n) is 5.23. The molecule has 2 aromatic rings. The van der Waals surface area contributed by atoms with Crippen LogP contribution in [0.2, 0.25) is 5.02 Å². The minimum absolute atomic E-state index is 0.0199. The number of hydrogen-bond acceptors (Lipinski definition) is 3. The number of carbonyl (C=O) groups is 2. The Balaban J connectivity index is 1.90. The van der Waals surface area contributed by atoms with Crippen LogP contribution in [0, 0.1) is 11.6 Å². The second-order valence-corrected chi connectivity index (χ2v) is 5.64. The Kier molecular flexibility index (Phi) is 4.45. The molecule has 0 bridgehead atoms. The van der Waals surface area contributed by atoms with Crippen LogP contribution in [0.1, 0.15) is 22.0 Å². The molecule has 3 N–H and O–H groups in total. The maximum absolute atomic E-state index is 14.1. The lowest BCUT2D eigenvalue weighted by atomic mass is 10.0. The SMILES string of the molecule is O=C(O)NC1COc2c(C(=O)Nc3ccc(F)c(Cl)c3)ccc(F)c21. The monoisotopic (exact) mass is 368 g/mol. The standard InChI is InChI=1S/C16H11ClF2N2O4/c17-9-5-7(1-3-10(9)18)20-15(22)8-2-4-11(19)13-12(21-16(23)24)6-25-14(8)13/h1-5,12,21H,6H2,(H,20,22)(H,23,24). The van der Waals surface area contributed by atoms with Crippen molar-refractivity contribution in [3.8, 4) is 5.75 Å². The highest BCUT2D eigenvalue weighted by atomic mass is 35.5. The number of nitrogens with one attached hydrogen (secondary N) is 2. The topological polar surface area (TPSA) is 87.7 Å². The van der Waals surface area contributed by atoms with E-state index in [1.807, 2.05) is 0 Å². The van der Waals surface area contributed by atoms with E-state index in [0.29, 0.717) is 0 Å². The molecule has 130 valence electrons. The predicted octanol–water partition coefficient (Wildman–Crippen LogP) is 3.57. The fourth-order valence-corrected chi connectivity index (χ4v) is 2.70. The van der Waals surface area contributed by atoms with Gasteiger partial charge in [0.15, 0.2) is 0 Å². The molecule has 1 heterocycles. The van der Waals surface area contributed by atoms with Crippen molar-refractivity contribution in [2.24, 2.45) is 0 Å². The molecule has 0 aliphatic carbocycles. The predicted molar refractivity (Wildman–Crippen MR) is 85.2 cm³/mol. The molecule has 9 heteroatoms. The van der Waals surface area contributed by atoms with E-state index >= 15 is 0 Å². The van der Waals surface area contributed by atoms with Crippen LogP contribution in [0.25, 0.3) is 0 Å². The summed E-state index contributed by atoms with van der Waals surface area (Å²) in [7, 11) is 0. The van der Waals surface area contributed by atoms with Crippen molar-refractivity contribution in [2.45, 2.75) is 6.04 Å². The molecule has 1 unspecified atom stereocenters. The van der Waals surface area contributed by atoms with Crippen LogP contribution in [-0.4, -0.2) is 23.7 Å². The molecule has 0 radical (unpaired) electrons. The molecule has 25 heavy (non-hydrogen) atoms. The van der Waals surface area contributed by atoms with Gasteiger partial charge in [0.25, 0.3) is 5.91 Å². The maximum atomic E-state index is 14.1. The number of halogens is 3. The zero-order chi connectivity index (χ0) is 18.1. The molecular formula is C16H11ClF2N2O4. The first-order chi connectivity index (χ1) is 11.9. The van der Waals surface area contributed by atoms with E-state index in [0.717, 1.165) is 12.1 Å².